The minimum atomic E-state index is -0.843. The van der Waals surface area contributed by atoms with Crippen molar-refractivity contribution in [3.8, 4) is 0 Å². The van der Waals surface area contributed by atoms with Gasteiger partial charge in [0.1, 0.15) is 13.2 Å². The maximum atomic E-state index is 12.7. The molecule has 0 fully saturated rings. The van der Waals surface area contributed by atoms with E-state index in [4.69, 9.17) is 14.2 Å². The van der Waals surface area contributed by atoms with Crippen molar-refractivity contribution in [1.82, 2.24) is 0 Å². The van der Waals surface area contributed by atoms with Crippen LogP contribution in [-0.4, -0.2) is 37.2 Å². The summed E-state index contributed by atoms with van der Waals surface area (Å²) in [5, 5.41) is 0. The number of ether oxygens (including phenoxy) is 3. The second-order valence-corrected chi connectivity index (χ2v) is 14.0. The molecular weight excluding hydrogens is 721 g/mol. The van der Waals surface area contributed by atoms with E-state index < -0.39 is 6.10 Å². The summed E-state index contributed by atoms with van der Waals surface area (Å²) in [6.07, 6.45) is 63.1. The smallest absolute Gasteiger partial charge is 0.306 e. The molecule has 0 spiro atoms. The highest BCUT2D eigenvalue weighted by Crippen LogP contribution is 2.09. The van der Waals surface area contributed by atoms with Crippen LogP contribution >= 0.6 is 0 Å². The standard InChI is InChI=1S/C52H78O6/c1-4-7-10-13-16-19-21-23-25-27-28-30-33-36-39-42-45-51(54)57-48-49(47-56-50(53)44-41-38-35-32-18-15-12-9-6-3)58-52(55)46-43-40-37-34-31-29-26-24-22-20-17-14-11-8-5-2/h7-8,10-11,14,16-17,19-20,22-26,28-32,35-36,39,49H,4-6,9,12-13,15,18,21,27,33-34,37-38,40-48H2,1-3H3/b10-7-,11-8-,17-14-,19-16-,22-20-,25-23-,26-24-,30-28-,31-29-,35-32-,39-36-. The number of carbonyl (C=O) groups is 3. The molecule has 0 aliphatic rings. The zero-order chi connectivity index (χ0) is 42.3. The van der Waals surface area contributed by atoms with Gasteiger partial charge in [-0.25, -0.2) is 0 Å². The highest BCUT2D eigenvalue weighted by atomic mass is 16.6. The molecule has 0 aliphatic carbocycles. The van der Waals surface area contributed by atoms with E-state index in [-0.39, 0.29) is 50.4 Å². The van der Waals surface area contributed by atoms with Gasteiger partial charge in [-0.15, -0.1) is 0 Å². The zero-order valence-corrected chi connectivity index (χ0v) is 36.5. The summed E-state index contributed by atoms with van der Waals surface area (Å²) < 4.78 is 16.5. The number of esters is 3. The largest absolute Gasteiger partial charge is 0.462 e. The van der Waals surface area contributed by atoms with E-state index in [2.05, 4.69) is 93.7 Å². The summed E-state index contributed by atoms with van der Waals surface area (Å²) in [6.45, 7) is 6.17. The Morgan fingerprint density at radius 3 is 1.38 bits per heavy atom. The molecule has 0 heterocycles. The minimum Gasteiger partial charge on any atom is -0.462 e. The van der Waals surface area contributed by atoms with Gasteiger partial charge in [-0.2, -0.15) is 0 Å². The normalized spacial score (nSPS) is 13.4. The van der Waals surface area contributed by atoms with Gasteiger partial charge in [0, 0.05) is 19.3 Å². The van der Waals surface area contributed by atoms with E-state index in [0.717, 1.165) is 70.6 Å². The molecule has 0 saturated carbocycles. The maximum Gasteiger partial charge on any atom is 0.306 e. The third kappa shape index (κ3) is 42.7. The zero-order valence-electron chi connectivity index (χ0n) is 36.5. The number of hydrogen-bond acceptors (Lipinski definition) is 6. The van der Waals surface area contributed by atoms with Crippen molar-refractivity contribution >= 4 is 17.9 Å². The Morgan fingerprint density at radius 2 is 0.810 bits per heavy atom. The second-order valence-electron chi connectivity index (χ2n) is 14.0. The van der Waals surface area contributed by atoms with E-state index in [9.17, 15) is 14.4 Å². The highest BCUT2D eigenvalue weighted by molar-refractivity contribution is 5.71. The van der Waals surface area contributed by atoms with Crippen molar-refractivity contribution in [2.45, 2.75) is 162 Å². The van der Waals surface area contributed by atoms with Crippen LogP contribution in [0, 0.1) is 0 Å². The average molecular weight is 799 g/mol. The molecule has 322 valence electrons. The van der Waals surface area contributed by atoms with Gasteiger partial charge in [-0.3, -0.25) is 14.4 Å². The molecule has 0 aliphatic heterocycles. The summed E-state index contributed by atoms with van der Waals surface area (Å²) in [5.74, 6) is -1.12. The first-order chi connectivity index (χ1) is 28.5. The summed E-state index contributed by atoms with van der Waals surface area (Å²) in [7, 11) is 0. The van der Waals surface area contributed by atoms with Gasteiger partial charge >= 0.3 is 17.9 Å². The predicted molar refractivity (Wildman–Crippen MR) is 246 cm³/mol. The van der Waals surface area contributed by atoms with E-state index in [0.29, 0.717) is 19.3 Å². The lowest BCUT2D eigenvalue weighted by atomic mass is 10.1. The van der Waals surface area contributed by atoms with E-state index in [1.807, 2.05) is 60.8 Å². The Morgan fingerprint density at radius 1 is 0.379 bits per heavy atom. The third-order valence-electron chi connectivity index (χ3n) is 8.51. The molecule has 0 saturated heterocycles. The van der Waals surface area contributed by atoms with Crippen LogP contribution in [0.15, 0.2) is 134 Å². The molecule has 0 aromatic rings. The fourth-order valence-corrected chi connectivity index (χ4v) is 5.22. The molecule has 0 aromatic heterocycles. The van der Waals surface area contributed by atoms with E-state index in [1.54, 1.807) is 0 Å². The fourth-order valence-electron chi connectivity index (χ4n) is 5.22. The van der Waals surface area contributed by atoms with Crippen LogP contribution in [0.25, 0.3) is 0 Å². The predicted octanol–water partition coefficient (Wildman–Crippen LogP) is 14.4. The van der Waals surface area contributed by atoms with E-state index >= 15 is 0 Å². The molecular formula is C52H78O6. The van der Waals surface area contributed by atoms with Gasteiger partial charge in [0.25, 0.3) is 0 Å². The van der Waals surface area contributed by atoms with Gasteiger partial charge in [-0.1, -0.05) is 180 Å². The van der Waals surface area contributed by atoms with Crippen LogP contribution in [0.3, 0.4) is 0 Å². The van der Waals surface area contributed by atoms with Gasteiger partial charge in [0.2, 0.25) is 0 Å². The number of allylic oxidation sites excluding steroid dienone is 22. The Kier molecular flexibility index (Phi) is 41.8. The number of rotatable bonds is 37. The second kappa shape index (κ2) is 45.3. The first-order valence-electron chi connectivity index (χ1n) is 22.3. The molecule has 0 N–H and O–H groups in total. The SMILES string of the molecule is CC\C=C/C=C\C=C/C=C\C=C/CCCCCC(=O)OC(COC(=O)CC/C=C\C/C=C\C/C=C\C/C=C\C/C=C\CC)COC(=O)CCC/C=C\CCCCCC. The molecule has 1 unspecified atom stereocenters. The third-order valence-corrected chi connectivity index (χ3v) is 8.51. The summed E-state index contributed by atoms with van der Waals surface area (Å²) in [4.78, 5) is 37.6. The Bertz CT molecular complexity index is 1330. The van der Waals surface area contributed by atoms with Crippen LogP contribution in [0.4, 0.5) is 0 Å². The van der Waals surface area contributed by atoms with Crippen LogP contribution in [-0.2, 0) is 28.6 Å². The number of hydrogen-bond donors (Lipinski definition) is 0. The van der Waals surface area contributed by atoms with Gasteiger partial charge < -0.3 is 14.2 Å². The van der Waals surface area contributed by atoms with Crippen LogP contribution in [0.5, 0.6) is 0 Å². The van der Waals surface area contributed by atoms with Gasteiger partial charge in [0.05, 0.1) is 0 Å². The van der Waals surface area contributed by atoms with Crippen molar-refractivity contribution in [3.05, 3.63) is 134 Å². The lowest BCUT2D eigenvalue weighted by molar-refractivity contribution is -0.166. The topological polar surface area (TPSA) is 78.9 Å². The number of unbranched alkanes of at least 4 members (excludes halogenated alkanes) is 8. The molecule has 58 heavy (non-hydrogen) atoms. The van der Waals surface area contributed by atoms with Crippen molar-refractivity contribution in [2.24, 2.45) is 0 Å². The molecule has 6 heteroatoms. The first kappa shape index (κ1) is 53.5. The highest BCUT2D eigenvalue weighted by Gasteiger charge is 2.19. The van der Waals surface area contributed by atoms with E-state index in [1.165, 1.54) is 25.7 Å². The summed E-state index contributed by atoms with van der Waals surface area (Å²) in [6, 6.07) is 0. The Labute approximate surface area is 354 Å². The molecule has 0 aromatic carbocycles. The van der Waals surface area contributed by atoms with Crippen LogP contribution in [0.1, 0.15) is 156 Å². The quantitative estimate of drug-likeness (QED) is 0.0205. The van der Waals surface area contributed by atoms with Gasteiger partial charge in [-0.05, 0) is 89.9 Å². The van der Waals surface area contributed by atoms with Crippen molar-refractivity contribution in [2.75, 3.05) is 13.2 Å². The molecule has 0 amide bonds. The monoisotopic (exact) mass is 799 g/mol. The molecule has 0 rings (SSSR count). The minimum absolute atomic E-state index is 0.139. The van der Waals surface area contributed by atoms with Crippen LogP contribution in [0.2, 0.25) is 0 Å². The first-order valence-corrected chi connectivity index (χ1v) is 22.3. The molecule has 0 bridgehead atoms. The maximum absolute atomic E-state index is 12.7. The summed E-state index contributed by atoms with van der Waals surface area (Å²) in [5.41, 5.74) is 0. The lowest BCUT2D eigenvalue weighted by Crippen LogP contribution is -2.30. The van der Waals surface area contributed by atoms with Crippen molar-refractivity contribution in [3.63, 3.8) is 0 Å². The summed E-state index contributed by atoms with van der Waals surface area (Å²) >= 11 is 0. The van der Waals surface area contributed by atoms with Crippen LogP contribution < -0.4 is 0 Å². The fraction of sp³-hybridized carbons (Fsp3) is 0.519. The Balaban J connectivity index is 4.63. The molecule has 6 nitrogen and oxygen atoms in total. The average Bonchev–Trinajstić information content (AvgIpc) is 3.22. The number of carbonyl (C=O) groups excluding carboxylic acids is 3. The van der Waals surface area contributed by atoms with Gasteiger partial charge in [0.15, 0.2) is 6.10 Å². The molecule has 0 radical (unpaired) electrons. The van der Waals surface area contributed by atoms with Crippen molar-refractivity contribution < 1.29 is 28.6 Å². The lowest BCUT2D eigenvalue weighted by Gasteiger charge is -2.18. The van der Waals surface area contributed by atoms with Crippen molar-refractivity contribution in [1.29, 1.82) is 0 Å². The Hall–Kier alpha value is -4.45. The molecule has 1 atom stereocenters.